The second-order valence-corrected chi connectivity index (χ2v) is 6.15. The van der Waals surface area contributed by atoms with E-state index in [0.29, 0.717) is 16.5 Å². The van der Waals surface area contributed by atoms with Crippen LogP contribution in [-0.2, 0) is 19.1 Å². The number of aliphatic hydroxyl groups excluding tert-OH is 1. The zero-order valence-electron chi connectivity index (χ0n) is 13.5. The lowest BCUT2D eigenvalue weighted by Crippen LogP contribution is -2.10. The number of benzene rings is 1. The fourth-order valence-corrected chi connectivity index (χ4v) is 2.66. The van der Waals surface area contributed by atoms with Crippen molar-refractivity contribution in [3.05, 3.63) is 58.6 Å². The molecular formula is C17H15ClF3N3O2. The van der Waals surface area contributed by atoms with Gasteiger partial charge in [-0.2, -0.15) is 18.3 Å². The van der Waals surface area contributed by atoms with E-state index in [-0.39, 0.29) is 31.6 Å². The van der Waals surface area contributed by atoms with Gasteiger partial charge in [-0.3, -0.25) is 4.68 Å². The van der Waals surface area contributed by atoms with Gasteiger partial charge in [-0.1, -0.05) is 28.9 Å². The summed E-state index contributed by atoms with van der Waals surface area (Å²) >= 11 is 5.84. The number of halogens is 4. The Morgan fingerprint density at radius 3 is 2.58 bits per heavy atom. The van der Waals surface area contributed by atoms with E-state index in [0.717, 1.165) is 5.56 Å². The highest BCUT2D eigenvalue weighted by atomic mass is 35.5. The summed E-state index contributed by atoms with van der Waals surface area (Å²) < 4.78 is 45.7. The second kappa shape index (κ2) is 7.51. The quantitative estimate of drug-likeness (QED) is 0.691. The van der Waals surface area contributed by atoms with Gasteiger partial charge in [0.1, 0.15) is 12.2 Å². The summed E-state index contributed by atoms with van der Waals surface area (Å²) in [5.74, 6) is 0.375. The normalized spacial score (nSPS) is 11.9. The summed E-state index contributed by atoms with van der Waals surface area (Å²) in [4.78, 5) is 0. The van der Waals surface area contributed by atoms with Crippen LogP contribution in [-0.4, -0.2) is 26.7 Å². The molecule has 0 aliphatic carbocycles. The number of hydrogen-bond acceptors (Lipinski definition) is 4. The predicted molar refractivity (Wildman–Crippen MR) is 88.7 cm³/mol. The Morgan fingerprint density at radius 1 is 1.19 bits per heavy atom. The Bertz CT molecular complexity index is 872. The molecule has 1 aromatic carbocycles. The minimum absolute atomic E-state index is 0.0167. The fraction of sp³-hybridized carbons (Fsp3) is 0.294. The highest BCUT2D eigenvalue weighted by Gasteiger charge is 2.36. The molecule has 9 heteroatoms. The van der Waals surface area contributed by atoms with Gasteiger partial charge in [0.15, 0.2) is 11.5 Å². The van der Waals surface area contributed by atoms with Crippen molar-refractivity contribution in [1.82, 2.24) is 14.9 Å². The number of aromatic nitrogens is 3. The van der Waals surface area contributed by atoms with Crippen LogP contribution >= 0.6 is 11.6 Å². The smallest absolute Gasteiger partial charge is 0.396 e. The molecule has 3 aromatic rings. The third-order valence-corrected chi connectivity index (χ3v) is 3.98. The summed E-state index contributed by atoms with van der Waals surface area (Å²) in [7, 11) is 0. The molecule has 0 aliphatic heterocycles. The van der Waals surface area contributed by atoms with E-state index in [1.165, 1.54) is 10.9 Å². The number of rotatable bonds is 6. The molecule has 0 fully saturated rings. The lowest BCUT2D eigenvalue weighted by Gasteiger charge is -2.04. The molecule has 0 unspecified atom stereocenters. The van der Waals surface area contributed by atoms with Gasteiger partial charge in [-0.05, 0) is 25.0 Å². The number of nitrogens with zero attached hydrogens (tertiary/aromatic N) is 3. The van der Waals surface area contributed by atoms with Crippen LogP contribution in [0, 0.1) is 0 Å². The molecule has 2 heterocycles. The molecule has 2 aromatic heterocycles. The largest absolute Gasteiger partial charge is 0.435 e. The zero-order valence-corrected chi connectivity index (χ0v) is 14.3. The minimum Gasteiger partial charge on any atom is -0.396 e. The first-order valence-electron chi connectivity index (χ1n) is 7.82. The van der Waals surface area contributed by atoms with Gasteiger partial charge in [-0.15, -0.1) is 0 Å². The van der Waals surface area contributed by atoms with E-state index in [9.17, 15) is 13.2 Å². The average molecular weight is 386 g/mol. The van der Waals surface area contributed by atoms with E-state index in [4.69, 9.17) is 21.2 Å². The van der Waals surface area contributed by atoms with Gasteiger partial charge in [0.2, 0.25) is 0 Å². The number of hydrogen-bond donors (Lipinski definition) is 1. The minimum atomic E-state index is -4.55. The lowest BCUT2D eigenvalue weighted by atomic mass is 10.1. The molecule has 0 bridgehead atoms. The van der Waals surface area contributed by atoms with Gasteiger partial charge in [-0.25, -0.2) is 0 Å². The van der Waals surface area contributed by atoms with E-state index >= 15 is 0 Å². The summed E-state index contributed by atoms with van der Waals surface area (Å²) in [6, 6.07) is 8.61. The standard InChI is InChI=1S/C17H15ClF3N3O2/c18-13-5-3-11(4-6-13)15-8-14(26-23-15)10-24-9-12(2-1-7-25)16(22-24)17(19,20)21/h3-6,8-9,25H,1-2,7,10H2. The number of alkyl halides is 3. The SMILES string of the molecule is OCCCc1cn(Cc2cc(-c3ccc(Cl)cc3)no2)nc1C(F)(F)F. The van der Waals surface area contributed by atoms with Gasteiger partial charge < -0.3 is 9.63 Å². The van der Waals surface area contributed by atoms with Crippen molar-refractivity contribution in [1.29, 1.82) is 0 Å². The zero-order chi connectivity index (χ0) is 18.7. The number of aliphatic hydroxyl groups is 1. The van der Waals surface area contributed by atoms with Crippen LogP contribution in [0.25, 0.3) is 11.3 Å². The molecule has 0 aliphatic rings. The third kappa shape index (κ3) is 4.25. The molecule has 3 rings (SSSR count). The second-order valence-electron chi connectivity index (χ2n) is 5.71. The highest BCUT2D eigenvalue weighted by molar-refractivity contribution is 6.30. The Labute approximate surface area is 152 Å². The molecule has 5 nitrogen and oxygen atoms in total. The molecule has 0 saturated carbocycles. The summed E-state index contributed by atoms with van der Waals surface area (Å²) in [6.45, 7) is -0.169. The van der Waals surface area contributed by atoms with E-state index in [1.54, 1.807) is 30.3 Å². The Balaban J connectivity index is 1.80. The van der Waals surface area contributed by atoms with E-state index in [1.807, 2.05) is 0 Å². The van der Waals surface area contributed by atoms with Crippen molar-refractivity contribution in [3.63, 3.8) is 0 Å². The maximum absolute atomic E-state index is 13.1. The monoisotopic (exact) mass is 385 g/mol. The topological polar surface area (TPSA) is 64.1 Å². The van der Waals surface area contributed by atoms with Crippen LogP contribution < -0.4 is 0 Å². The van der Waals surface area contributed by atoms with Crippen molar-refractivity contribution >= 4 is 11.6 Å². The third-order valence-electron chi connectivity index (χ3n) is 3.73. The summed E-state index contributed by atoms with van der Waals surface area (Å²) in [5, 5.41) is 17.0. The van der Waals surface area contributed by atoms with Crippen LogP contribution in [0.4, 0.5) is 13.2 Å². The van der Waals surface area contributed by atoms with Gasteiger partial charge in [0.25, 0.3) is 0 Å². The van der Waals surface area contributed by atoms with Crippen LogP contribution in [0.15, 0.2) is 41.1 Å². The predicted octanol–water partition coefficient (Wildman–Crippen LogP) is 4.18. The maximum Gasteiger partial charge on any atom is 0.435 e. The molecule has 0 radical (unpaired) electrons. The van der Waals surface area contributed by atoms with Crippen molar-refractivity contribution in [2.45, 2.75) is 25.6 Å². The first-order chi connectivity index (χ1) is 12.4. The van der Waals surface area contributed by atoms with Crippen molar-refractivity contribution in [2.75, 3.05) is 6.61 Å². The van der Waals surface area contributed by atoms with Crippen LogP contribution in [0.3, 0.4) is 0 Å². The van der Waals surface area contributed by atoms with Gasteiger partial charge in [0.05, 0.1) is 0 Å². The van der Waals surface area contributed by atoms with Crippen LogP contribution in [0.2, 0.25) is 5.02 Å². The van der Waals surface area contributed by atoms with Gasteiger partial charge in [0, 0.05) is 35.0 Å². The molecule has 0 amide bonds. The molecule has 0 spiro atoms. The first kappa shape index (κ1) is 18.5. The summed E-state index contributed by atoms with van der Waals surface area (Å²) in [6.07, 6.45) is -2.90. The molecule has 26 heavy (non-hydrogen) atoms. The summed E-state index contributed by atoms with van der Waals surface area (Å²) in [5.41, 5.74) is 0.442. The molecule has 1 N–H and O–H groups in total. The van der Waals surface area contributed by atoms with Crippen molar-refractivity contribution < 1.29 is 22.8 Å². The van der Waals surface area contributed by atoms with Crippen LogP contribution in [0.1, 0.15) is 23.4 Å². The lowest BCUT2D eigenvalue weighted by molar-refractivity contribution is -0.142. The molecule has 138 valence electrons. The number of aryl methyl sites for hydroxylation is 1. The molecular weight excluding hydrogens is 371 g/mol. The highest BCUT2D eigenvalue weighted by Crippen LogP contribution is 2.31. The first-order valence-corrected chi connectivity index (χ1v) is 8.20. The molecule has 0 atom stereocenters. The average Bonchev–Trinajstić information content (AvgIpc) is 3.21. The van der Waals surface area contributed by atoms with Crippen LogP contribution in [0.5, 0.6) is 0 Å². The Kier molecular flexibility index (Phi) is 5.33. The van der Waals surface area contributed by atoms with Gasteiger partial charge >= 0.3 is 6.18 Å². The molecule has 0 saturated heterocycles. The fourth-order valence-electron chi connectivity index (χ4n) is 2.54. The van der Waals surface area contributed by atoms with E-state index in [2.05, 4.69) is 10.3 Å². The van der Waals surface area contributed by atoms with E-state index < -0.39 is 11.9 Å². The maximum atomic E-state index is 13.1. The Hall–Kier alpha value is -2.32. The van der Waals surface area contributed by atoms with Crippen molar-refractivity contribution in [3.8, 4) is 11.3 Å². The Morgan fingerprint density at radius 2 is 1.92 bits per heavy atom. The van der Waals surface area contributed by atoms with Crippen molar-refractivity contribution in [2.24, 2.45) is 0 Å².